The van der Waals surface area contributed by atoms with E-state index in [-0.39, 0.29) is 22.7 Å². The van der Waals surface area contributed by atoms with E-state index < -0.39 is 35.3 Å². The van der Waals surface area contributed by atoms with Crippen LogP contribution in [-0.2, 0) is 15.8 Å². The van der Waals surface area contributed by atoms with Gasteiger partial charge in [0.2, 0.25) is 5.91 Å². The number of carbonyl (C=O) groups excluding carboxylic acids is 3. The number of rotatable bonds is 9. The number of carbonyl (C=O) groups is 3. The molecule has 0 fully saturated rings. The molecule has 0 unspecified atom stereocenters. The molecule has 220 valence electrons. The number of hydrogen-bond acceptors (Lipinski definition) is 4. The topological polar surface area (TPSA) is 87.3 Å². The van der Waals surface area contributed by atoms with E-state index in [1.165, 1.54) is 42.5 Å². The van der Waals surface area contributed by atoms with Crippen LogP contribution in [0.15, 0.2) is 112 Å². The predicted octanol–water partition coefficient (Wildman–Crippen LogP) is 7.75. The molecule has 0 aliphatic rings. The highest BCUT2D eigenvalue weighted by Crippen LogP contribution is 2.34. The van der Waals surface area contributed by atoms with E-state index in [1.807, 2.05) is 0 Å². The second-order valence-electron chi connectivity index (χ2n) is 8.90. The number of halogens is 5. The molecule has 0 spiro atoms. The second-order valence-corrected chi connectivity index (χ2v) is 10.9. The Morgan fingerprint density at radius 1 is 0.814 bits per heavy atom. The molecular formula is C31H22BrF4N3O3S. The van der Waals surface area contributed by atoms with Crippen LogP contribution in [-0.4, -0.2) is 23.5 Å². The number of amides is 3. The third-order valence-corrected chi connectivity index (χ3v) is 7.32. The summed E-state index contributed by atoms with van der Waals surface area (Å²) in [7, 11) is 0. The lowest BCUT2D eigenvalue weighted by Gasteiger charge is -2.13. The van der Waals surface area contributed by atoms with E-state index >= 15 is 0 Å². The number of thioether (sulfide) groups is 1. The highest BCUT2D eigenvalue weighted by molar-refractivity contribution is 9.10. The molecule has 0 atom stereocenters. The summed E-state index contributed by atoms with van der Waals surface area (Å²) in [6, 6.07) is 23.4. The molecule has 12 heteroatoms. The molecule has 0 saturated heterocycles. The fraction of sp³-hybridized carbons (Fsp3) is 0.0645. The third kappa shape index (κ3) is 9.03. The van der Waals surface area contributed by atoms with Crippen molar-refractivity contribution in [3.63, 3.8) is 0 Å². The summed E-state index contributed by atoms with van der Waals surface area (Å²) in [5.41, 5.74) is -0.668. The van der Waals surface area contributed by atoms with Crippen LogP contribution in [0.2, 0.25) is 0 Å². The summed E-state index contributed by atoms with van der Waals surface area (Å²) in [6.07, 6.45) is -3.16. The molecule has 0 aliphatic heterocycles. The van der Waals surface area contributed by atoms with E-state index in [2.05, 4.69) is 31.9 Å². The number of alkyl halides is 3. The molecule has 0 bridgehead atoms. The largest absolute Gasteiger partial charge is 0.418 e. The fourth-order valence-electron chi connectivity index (χ4n) is 3.73. The third-order valence-electron chi connectivity index (χ3n) is 5.78. The van der Waals surface area contributed by atoms with E-state index in [1.54, 1.807) is 48.5 Å². The first-order valence-corrected chi connectivity index (χ1v) is 14.3. The minimum absolute atomic E-state index is 0.134. The van der Waals surface area contributed by atoms with Crippen molar-refractivity contribution < 1.29 is 31.9 Å². The predicted molar refractivity (Wildman–Crippen MR) is 162 cm³/mol. The quantitative estimate of drug-likeness (QED) is 0.0965. The van der Waals surface area contributed by atoms with Gasteiger partial charge in [-0.1, -0.05) is 52.3 Å². The zero-order valence-electron chi connectivity index (χ0n) is 22.0. The van der Waals surface area contributed by atoms with Crippen molar-refractivity contribution in [2.24, 2.45) is 0 Å². The zero-order valence-corrected chi connectivity index (χ0v) is 24.4. The highest BCUT2D eigenvalue weighted by Gasteiger charge is 2.33. The van der Waals surface area contributed by atoms with Crippen molar-refractivity contribution in [2.75, 3.05) is 16.4 Å². The van der Waals surface area contributed by atoms with Crippen LogP contribution in [0.4, 0.5) is 28.9 Å². The van der Waals surface area contributed by atoms with Gasteiger partial charge in [0.15, 0.2) is 0 Å². The molecular weight excluding hydrogens is 650 g/mol. The maximum atomic E-state index is 14.2. The van der Waals surface area contributed by atoms with Crippen LogP contribution in [0, 0.1) is 5.82 Å². The molecule has 0 saturated carbocycles. The molecule has 4 rings (SSSR count). The molecule has 6 nitrogen and oxygen atoms in total. The van der Waals surface area contributed by atoms with Crippen molar-refractivity contribution in [1.82, 2.24) is 5.32 Å². The van der Waals surface area contributed by atoms with Crippen molar-refractivity contribution in [3.05, 3.63) is 130 Å². The Morgan fingerprint density at radius 2 is 1.47 bits per heavy atom. The van der Waals surface area contributed by atoms with Crippen LogP contribution in [0.3, 0.4) is 0 Å². The van der Waals surface area contributed by atoms with Gasteiger partial charge in [-0.05, 0) is 72.3 Å². The zero-order chi connectivity index (χ0) is 31.0. The molecule has 0 aliphatic carbocycles. The minimum Gasteiger partial charge on any atom is -0.325 e. The molecule has 0 radical (unpaired) electrons. The monoisotopic (exact) mass is 671 g/mol. The van der Waals surface area contributed by atoms with Gasteiger partial charge in [0.1, 0.15) is 11.5 Å². The second kappa shape index (κ2) is 14.2. The number of nitrogens with one attached hydrogen (secondary N) is 3. The maximum absolute atomic E-state index is 14.2. The highest BCUT2D eigenvalue weighted by atomic mass is 79.9. The molecule has 4 aromatic rings. The Balaban J connectivity index is 1.41. The normalized spacial score (nSPS) is 11.5. The SMILES string of the molecule is O=C(CSc1ccc(NC(=O)C(=Cc2ccc(Br)cc2)NC(=O)c2ccccc2F)cc1)Nc1ccccc1C(F)(F)F. The number of anilines is 2. The van der Waals surface area contributed by atoms with Crippen LogP contribution in [0.5, 0.6) is 0 Å². The van der Waals surface area contributed by atoms with E-state index in [0.717, 1.165) is 28.4 Å². The van der Waals surface area contributed by atoms with Gasteiger partial charge in [-0.2, -0.15) is 13.2 Å². The Morgan fingerprint density at radius 3 is 2.14 bits per heavy atom. The first-order chi connectivity index (χ1) is 20.5. The Labute approximate surface area is 256 Å². The fourth-order valence-corrected chi connectivity index (χ4v) is 4.69. The average molecular weight is 672 g/mol. The van der Waals surface area contributed by atoms with Crippen LogP contribution >= 0.6 is 27.7 Å². The molecule has 0 heterocycles. The van der Waals surface area contributed by atoms with E-state index in [9.17, 15) is 31.9 Å². The van der Waals surface area contributed by atoms with Crippen LogP contribution < -0.4 is 16.0 Å². The van der Waals surface area contributed by atoms with Crippen LogP contribution in [0.1, 0.15) is 21.5 Å². The maximum Gasteiger partial charge on any atom is 0.418 e. The summed E-state index contributed by atoms with van der Waals surface area (Å²) in [4.78, 5) is 38.9. The Bertz CT molecular complexity index is 1660. The standard InChI is InChI=1S/C31H22BrF4N3O3S/c32-20-11-9-19(10-12-20)17-27(39-29(41)23-5-1-3-7-25(23)33)30(42)37-21-13-15-22(16-14-21)43-18-28(40)38-26-8-4-2-6-24(26)31(34,35)36/h1-17H,18H2,(H,37,42)(H,38,40)(H,39,41). The van der Waals surface area contributed by atoms with E-state index in [4.69, 9.17) is 0 Å². The lowest BCUT2D eigenvalue weighted by Crippen LogP contribution is -2.31. The van der Waals surface area contributed by atoms with Gasteiger partial charge < -0.3 is 16.0 Å². The molecule has 0 aromatic heterocycles. The summed E-state index contributed by atoms with van der Waals surface area (Å²) in [5.74, 6) is -2.99. The lowest BCUT2D eigenvalue weighted by molar-refractivity contribution is -0.137. The summed E-state index contributed by atoms with van der Waals surface area (Å²) < 4.78 is 54.5. The number of benzene rings is 4. The lowest BCUT2D eigenvalue weighted by atomic mass is 10.1. The van der Waals surface area contributed by atoms with E-state index in [0.29, 0.717) is 16.1 Å². The van der Waals surface area contributed by atoms with Crippen molar-refractivity contribution in [2.45, 2.75) is 11.1 Å². The van der Waals surface area contributed by atoms with Crippen LogP contribution in [0.25, 0.3) is 6.08 Å². The summed E-state index contributed by atoms with van der Waals surface area (Å²) in [6.45, 7) is 0. The van der Waals surface area contributed by atoms with Gasteiger partial charge in [-0.25, -0.2) is 4.39 Å². The van der Waals surface area contributed by atoms with Gasteiger partial charge >= 0.3 is 6.18 Å². The van der Waals surface area contributed by atoms with Gasteiger partial charge in [-0.15, -0.1) is 11.8 Å². The number of hydrogen-bond donors (Lipinski definition) is 3. The van der Waals surface area contributed by atoms with Crippen molar-refractivity contribution >= 4 is 62.9 Å². The molecule has 43 heavy (non-hydrogen) atoms. The molecule has 4 aromatic carbocycles. The minimum atomic E-state index is -4.61. The molecule has 3 amide bonds. The first kappa shape index (κ1) is 31.5. The van der Waals surface area contributed by atoms with Gasteiger partial charge in [-0.3, -0.25) is 14.4 Å². The average Bonchev–Trinajstić information content (AvgIpc) is 2.97. The first-order valence-electron chi connectivity index (χ1n) is 12.5. The summed E-state index contributed by atoms with van der Waals surface area (Å²) in [5, 5.41) is 7.43. The van der Waals surface area contributed by atoms with Gasteiger partial charge in [0.25, 0.3) is 11.8 Å². The smallest absolute Gasteiger partial charge is 0.325 e. The number of para-hydroxylation sites is 1. The summed E-state index contributed by atoms with van der Waals surface area (Å²) >= 11 is 4.43. The van der Waals surface area contributed by atoms with Crippen molar-refractivity contribution in [3.8, 4) is 0 Å². The Kier molecular flexibility index (Phi) is 10.4. The van der Waals surface area contributed by atoms with Crippen molar-refractivity contribution in [1.29, 1.82) is 0 Å². The van der Waals surface area contributed by atoms with Gasteiger partial charge in [0.05, 0.1) is 22.6 Å². The molecule has 3 N–H and O–H groups in total. The Hall–Kier alpha value is -4.42. The van der Waals surface area contributed by atoms with Gasteiger partial charge in [0, 0.05) is 15.1 Å².